The lowest BCUT2D eigenvalue weighted by atomic mass is 9.76. The van der Waals surface area contributed by atoms with Gasteiger partial charge >= 0.3 is 0 Å². The molecule has 7 nitrogen and oxygen atoms in total. The van der Waals surface area contributed by atoms with Crippen molar-refractivity contribution in [3.05, 3.63) is 65.4 Å². The Labute approximate surface area is 213 Å². The van der Waals surface area contributed by atoms with Crippen molar-refractivity contribution in [2.24, 2.45) is 0 Å². The van der Waals surface area contributed by atoms with E-state index in [0.717, 1.165) is 59.5 Å². The van der Waals surface area contributed by atoms with E-state index in [1.165, 1.54) is 0 Å². The van der Waals surface area contributed by atoms with Crippen molar-refractivity contribution in [3.63, 3.8) is 0 Å². The molecule has 2 aliphatic rings. The zero-order valence-electron chi connectivity index (χ0n) is 21.7. The highest BCUT2D eigenvalue weighted by molar-refractivity contribution is 6.01. The number of aromatic nitrogens is 1. The maximum atomic E-state index is 14.1. The number of rotatable bonds is 8. The molecule has 2 aliphatic heterocycles. The number of benzene rings is 2. The molecule has 7 heteroatoms. The number of fused-ring (bicyclic) bond motifs is 5. The van der Waals surface area contributed by atoms with Crippen LogP contribution in [0.25, 0.3) is 10.9 Å². The monoisotopic (exact) mass is 488 g/mol. The minimum atomic E-state index is -1.07. The lowest BCUT2D eigenvalue weighted by Gasteiger charge is -2.51. The molecule has 0 aliphatic carbocycles. The summed E-state index contributed by atoms with van der Waals surface area (Å²) in [4.78, 5) is 37.2. The van der Waals surface area contributed by atoms with Gasteiger partial charge in [0.15, 0.2) is 5.54 Å². The van der Waals surface area contributed by atoms with Crippen LogP contribution in [0.3, 0.4) is 0 Å². The second-order valence-electron chi connectivity index (χ2n) is 9.94. The van der Waals surface area contributed by atoms with Gasteiger partial charge in [-0.2, -0.15) is 0 Å². The van der Waals surface area contributed by atoms with Gasteiger partial charge in [0, 0.05) is 35.5 Å². The molecule has 1 aromatic heterocycles. The first kappa shape index (κ1) is 24.4. The number of ether oxygens (including phenoxy) is 1. The molecular weight excluding hydrogens is 452 g/mol. The SMILES string of the molecule is CCN(CC)CCCN1CC(=O)N2CC(c3ccccc3OC)c3c([nH]c4ccccc34)C2(C)C1=O. The van der Waals surface area contributed by atoms with E-state index in [1.54, 1.807) is 16.9 Å². The zero-order chi connectivity index (χ0) is 25.4. The van der Waals surface area contributed by atoms with Gasteiger partial charge in [-0.1, -0.05) is 50.2 Å². The molecule has 2 aromatic carbocycles. The van der Waals surface area contributed by atoms with E-state index in [9.17, 15) is 9.59 Å². The molecule has 0 saturated carbocycles. The van der Waals surface area contributed by atoms with Crippen molar-refractivity contribution in [1.29, 1.82) is 0 Å². The second-order valence-corrected chi connectivity index (χ2v) is 9.94. The van der Waals surface area contributed by atoms with Crippen molar-refractivity contribution in [2.45, 2.75) is 38.6 Å². The van der Waals surface area contributed by atoms with Gasteiger partial charge in [-0.05, 0) is 50.7 Å². The van der Waals surface area contributed by atoms with Gasteiger partial charge in [0.25, 0.3) is 5.91 Å². The van der Waals surface area contributed by atoms with E-state index in [-0.39, 0.29) is 24.3 Å². The largest absolute Gasteiger partial charge is 0.496 e. The molecular formula is C29H36N4O3. The number of methoxy groups -OCH3 is 1. The number of nitrogens with one attached hydrogen (secondary N) is 1. The summed E-state index contributed by atoms with van der Waals surface area (Å²) in [5.41, 5.74) is 2.83. The van der Waals surface area contributed by atoms with Gasteiger partial charge in [0.05, 0.1) is 19.3 Å². The molecule has 2 unspecified atom stereocenters. The van der Waals surface area contributed by atoms with Crippen molar-refractivity contribution >= 4 is 22.7 Å². The Hall–Kier alpha value is -3.32. The molecule has 190 valence electrons. The quantitative estimate of drug-likeness (QED) is 0.522. The van der Waals surface area contributed by atoms with Crippen molar-refractivity contribution in [2.75, 3.05) is 46.4 Å². The number of aromatic amines is 1. The van der Waals surface area contributed by atoms with Gasteiger partial charge in [-0.3, -0.25) is 9.59 Å². The summed E-state index contributed by atoms with van der Waals surface area (Å²) in [6.07, 6.45) is 0.847. The van der Waals surface area contributed by atoms with Crippen molar-refractivity contribution < 1.29 is 14.3 Å². The predicted molar refractivity (Wildman–Crippen MR) is 141 cm³/mol. The third kappa shape index (κ3) is 3.77. The molecule has 2 atom stereocenters. The summed E-state index contributed by atoms with van der Waals surface area (Å²) >= 11 is 0. The summed E-state index contributed by atoms with van der Waals surface area (Å²) in [5, 5.41) is 1.09. The number of hydrogen-bond donors (Lipinski definition) is 1. The highest BCUT2D eigenvalue weighted by atomic mass is 16.5. The average molecular weight is 489 g/mol. The van der Waals surface area contributed by atoms with Crippen molar-refractivity contribution in [1.82, 2.24) is 19.7 Å². The van der Waals surface area contributed by atoms with Gasteiger partial charge < -0.3 is 24.4 Å². The lowest BCUT2D eigenvalue weighted by molar-refractivity contribution is -0.166. The van der Waals surface area contributed by atoms with E-state index in [4.69, 9.17) is 4.74 Å². The zero-order valence-corrected chi connectivity index (χ0v) is 21.7. The Morgan fingerprint density at radius 2 is 1.81 bits per heavy atom. The molecule has 36 heavy (non-hydrogen) atoms. The number of carbonyl (C=O) groups excluding carboxylic acids is 2. The van der Waals surface area contributed by atoms with E-state index < -0.39 is 5.54 Å². The van der Waals surface area contributed by atoms with Crippen LogP contribution >= 0.6 is 0 Å². The van der Waals surface area contributed by atoms with E-state index in [2.05, 4.69) is 35.9 Å². The fourth-order valence-electron chi connectivity index (χ4n) is 6.12. The summed E-state index contributed by atoms with van der Waals surface area (Å²) < 4.78 is 5.72. The minimum absolute atomic E-state index is 0.00655. The molecule has 3 heterocycles. The third-order valence-corrected chi connectivity index (χ3v) is 8.13. The van der Waals surface area contributed by atoms with Gasteiger partial charge in [0.2, 0.25) is 5.91 Å². The number of piperazine rings is 1. The Morgan fingerprint density at radius 3 is 2.56 bits per heavy atom. The Kier molecular flexibility index (Phi) is 6.51. The fourth-order valence-corrected chi connectivity index (χ4v) is 6.12. The molecule has 1 saturated heterocycles. The molecule has 1 N–H and O–H groups in total. The highest BCUT2D eigenvalue weighted by Gasteiger charge is 2.56. The van der Waals surface area contributed by atoms with Crippen LogP contribution in [0.15, 0.2) is 48.5 Å². The topological polar surface area (TPSA) is 68.9 Å². The summed E-state index contributed by atoms with van der Waals surface area (Å²) in [6, 6.07) is 16.1. The Balaban J connectivity index is 1.59. The molecule has 0 radical (unpaired) electrons. The highest BCUT2D eigenvalue weighted by Crippen LogP contribution is 2.49. The van der Waals surface area contributed by atoms with Crippen LogP contribution in [0.4, 0.5) is 0 Å². The first-order valence-electron chi connectivity index (χ1n) is 13.0. The first-order chi connectivity index (χ1) is 17.4. The Morgan fingerprint density at radius 1 is 1.08 bits per heavy atom. The number of para-hydroxylation sites is 2. The lowest BCUT2D eigenvalue weighted by Crippen LogP contribution is -2.67. The molecule has 1 fully saturated rings. The molecule has 2 amide bonds. The smallest absolute Gasteiger partial charge is 0.254 e. The maximum Gasteiger partial charge on any atom is 0.254 e. The van der Waals surface area contributed by atoms with Crippen LogP contribution in [0.1, 0.15) is 49.9 Å². The van der Waals surface area contributed by atoms with Crippen LogP contribution in [-0.4, -0.2) is 77.9 Å². The van der Waals surface area contributed by atoms with Gasteiger partial charge in [-0.25, -0.2) is 0 Å². The Bertz CT molecular complexity index is 1280. The molecule has 0 bridgehead atoms. The van der Waals surface area contributed by atoms with Crippen LogP contribution in [0.5, 0.6) is 5.75 Å². The first-order valence-corrected chi connectivity index (χ1v) is 13.0. The molecule has 0 spiro atoms. The average Bonchev–Trinajstić information content (AvgIpc) is 3.30. The fraction of sp³-hybridized carbons (Fsp3) is 0.448. The van der Waals surface area contributed by atoms with Crippen LogP contribution in [-0.2, 0) is 15.1 Å². The number of nitrogens with zero attached hydrogens (tertiary/aromatic N) is 3. The molecule has 3 aromatic rings. The van der Waals surface area contributed by atoms with Crippen molar-refractivity contribution in [3.8, 4) is 5.75 Å². The van der Waals surface area contributed by atoms with Gasteiger partial charge in [0.1, 0.15) is 5.75 Å². The van der Waals surface area contributed by atoms with Crippen LogP contribution in [0.2, 0.25) is 0 Å². The number of H-pyrrole nitrogens is 1. The number of hydrogen-bond acceptors (Lipinski definition) is 4. The van der Waals surface area contributed by atoms with Crippen LogP contribution in [0, 0.1) is 0 Å². The summed E-state index contributed by atoms with van der Waals surface area (Å²) in [7, 11) is 1.67. The number of carbonyl (C=O) groups is 2. The van der Waals surface area contributed by atoms with E-state index in [0.29, 0.717) is 13.1 Å². The normalized spacial score (nSPS) is 21.8. The summed E-state index contributed by atoms with van der Waals surface area (Å²) in [6.45, 7) is 10.2. The number of amides is 2. The minimum Gasteiger partial charge on any atom is -0.496 e. The second kappa shape index (κ2) is 9.62. The maximum absolute atomic E-state index is 14.1. The van der Waals surface area contributed by atoms with Gasteiger partial charge in [-0.15, -0.1) is 0 Å². The third-order valence-electron chi connectivity index (χ3n) is 8.13. The van der Waals surface area contributed by atoms with Crippen LogP contribution < -0.4 is 4.74 Å². The molecule has 5 rings (SSSR count). The standard InChI is InChI=1S/C29H36N4O3/c1-5-31(6-2)16-11-17-32-19-25(34)33-18-22(20-12-8-10-15-24(20)36-4)26-21-13-7-9-14-23(21)30-27(26)29(33,3)28(32)35/h7-10,12-15,22,30H,5-6,11,16-19H2,1-4H3. The predicted octanol–water partition coefficient (Wildman–Crippen LogP) is 3.94. The van der Waals surface area contributed by atoms with E-state index >= 15 is 0 Å². The van der Waals surface area contributed by atoms with E-state index in [1.807, 2.05) is 43.3 Å². The summed E-state index contributed by atoms with van der Waals surface area (Å²) in [5.74, 6) is 0.666.